The molecule has 3 rings (SSSR count). The zero-order chi connectivity index (χ0) is 23.8. The number of ether oxygens (including phenoxy) is 2. The van der Waals surface area contributed by atoms with Gasteiger partial charge in [0, 0.05) is 11.3 Å². The molecule has 0 heterocycles. The highest BCUT2D eigenvalue weighted by Crippen LogP contribution is 2.37. The van der Waals surface area contributed by atoms with Gasteiger partial charge in [0.05, 0.1) is 12.1 Å². The molecule has 3 aromatic carbocycles. The Balaban J connectivity index is 1.84. The second-order valence-corrected chi connectivity index (χ2v) is 7.46. The van der Waals surface area contributed by atoms with Gasteiger partial charge in [-0.3, -0.25) is 4.79 Å². The Morgan fingerprint density at radius 2 is 1.85 bits per heavy atom. The highest BCUT2D eigenvalue weighted by Gasteiger charge is 2.15. The predicted molar refractivity (Wildman–Crippen MR) is 127 cm³/mol. The van der Waals surface area contributed by atoms with Crippen molar-refractivity contribution in [1.82, 2.24) is 0 Å². The van der Waals surface area contributed by atoms with E-state index in [0.29, 0.717) is 22.6 Å². The second-order valence-electron chi connectivity index (χ2n) is 7.05. The highest BCUT2D eigenvalue weighted by atomic mass is 35.5. The maximum absolute atomic E-state index is 13.9. The number of rotatable bonds is 8. The number of nitriles is 1. The van der Waals surface area contributed by atoms with Gasteiger partial charge in [-0.15, -0.1) is 0 Å². The number of hydrogen-bond acceptors (Lipinski definition) is 4. The van der Waals surface area contributed by atoms with E-state index in [1.165, 1.54) is 19.3 Å². The molecular weight excluding hydrogens is 443 g/mol. The first-order valence-electron chi connectivity index (χ1n) is 10.2. The summed E-state index contributed by atoms with van der Waals surface area (Å²) in [4.78, 5) is 12.7. The minimum Gasteiger partial charge on any atom is -0.493 e. The number of methoxy groups -OCH3 is 1. The fourth-order valence-electron chi connectivity index (χ4n) is 3.18. The Morgan fingerprint density at radius 1 is 1.15 bits per heavy atom. The Hall–Kier alpha value is -3.82. The van der Waals surface area contributed by atoms with Gasteiger partial charge in [0.1, 0.15) is 24.1 Å². The van der Waals surface area contributed by atoms with Crippen LogP contribution in [0.15, 0.2) is 66.2 Å². The van der Waals surface area contributed by atoms with Crippen LogP contribution in [0.4, 0.5) is 10.1 Å². The van der Waals surface area contributed by atoms with E-state index in [1.54, 1.807) is 36.4 Å². The first-order valence-corrected chi connectivity index (χ1v) is 10.6. The summed E-state index contributed by atoms with van der Waals surface area (Å²) in [6.45, 7) is 1.94. The molecule has 5 nitrogen and oxygen atoms in total. The molecule has 7 heteroatoms. The molecule has 0 aliphatic carbocycles. The minimum absolute atomic E-state index is 0.0410. The minimum atomic E-state index is -0.534. The van der Waals surface area contributed by atoms with E-state index in [1.807, 2.05) is 31.2 Å². The molecule has 0 aliphatic heterocycles. The molecule has 0 radical (unpaired) electrons. The number of para-hydroxylation sites is 1. The SMILES string of the molecule is CCc1ccccc1NC(=O)/C(C#N)=C/c1cc(Cl)c(OCc2ccccc2F)c(OC)c1. The maximum atomic E-state index is 13.9. The van der Waals surface area contributed by atoms with Crippen LogP contribution in [0.25, 0.3) is 6.08 Å². The van der Waals surface area contributed by atoms with Crippen molar-refractivity contribution >= 4 is 29.3 Å². The summed E-state index contributed by atoms with van der Waals surface area (Å²) in [6.07, 6.45) is 2.15. The topological polar surface area (TPSA) is 71.4 Å². The Morgan fingerprint density at radius 3 is 2.52 bits per heavy atom. The Kier molecular flexibility index (Phi) is 8.06. The molecule has 0 spiro atoms. The molecule has 1 amide bonds. The molecule has 0 saturated carbocycles. The van der Waals surface area contributed by atoms with Gasteiger partial charge in [-0.05, 0) is 47.9 Å². The number of carbonyl (C=O) groups excluding carboxylic acids is 1. The van der Waals surface area contributed by atoms with Crippen molar-refractivity contribution < 1.29 is 18.7 Å². The normalized spacial score (nSPS) is 10.9. The Labute approximate surface area is 197 Å². The molecule has 3 aromatic rings. The van der Waals surface area contributed by atoms with Crippen LogP contribution < -0.4 is 14.8 Å². The number of halogens is 2. The van der Waals surface area contributed by atoms with Crippen molar-refractivity contribution in [2.45, 2.75) is 20.0 Å². The van der Waals surface area contributed by atoms with Gasteiger partial charge >= 0.3 is 0 Å². The van der Waals surface area contributed by atoms with Gasteiger partial charge in [-0.25, -0.2) is 4.39 Å². The van der Waals surface area contributed by atoms with Gasteiger partial charge in [0.2, 0.25) is 0 Å². The van der Waals surface area contributed by atoms with Gasteiger partial charge in [0.15, 0.2) is 11.5 Å². The van der Waals surface area contributed by atoms with E-state index in [-0.39, 0.29) is 28.8 Å². The number of nitrogens with zero attached hydrogens (tertiary/aromatic N) is 1. The monoisotopic (exact) mass is 464 g/mol. The zero-order valence-corrected chi connectivity index (χ0v) is 18.9. The molecule has 33 heavy (non-hydrogen) atoms. The Bertz CT molecular complexity index is 1230. The van der Waals surface area contributed by atoms with Crippen molar-refractivity contribution in [1.29, 1.82) is 5.26 Å². The summed E-state index contributed by atoms with van der Waals surface area (Å²) < 4.78 is 25.0. The van der Waals surface area contributed by atoms with Gasteiger partial charge in [0.25, 0.3) is 5.91 Å². The third kappa shape index (κ3) is 5.91. The molecular formula is C26H22ClFN2O3. The van der Waals surface area contributed by atoms with E-state index < -0.39 is 5.91 Å². The number of hydrogen-bond donors (Lipinski definition) is 1. The number of aryl methyl sites for hydroxylation is 1. The molecule has 0 aromatic heterocycles. The number of carbonyl (C=O) groups is 1. The van der Waals surface area contributed by atoms with Crippen LogP contribution in [0.1, 0.15) is 23.6 Å². The summed E-state index contributed by atoms with van der Waals surface area (Å²) in [5.41, 5.74) is 2.36. The molecule has 0 unspecified atom stereocenters. The zero-order valence-electron chi connectivity index (χ0n) is 18.2. The number of anilines is 1. The van der Waals surface area contributed by atoms with Crippen LogP contribution in [-0.2, 0) is 17.8 Å². The third-order valence-electron chi connectivity index (χ3n) is 4.90. The van der Waals surface area contributed by atoms with Crippen molar-refractivity contribution in [2.75, 3.05) is 12.4 Å². The molecule has 0 atom stereocenters. The molecule has 0 fully saturated rings. The molecule has 1 N–H and O–H groups in total. The number of benzene rings is 3. The smallest absolute Gasteiger partial charge is 0.266 e. The lowest BCUT2D eigenvalue weighted by molar-refractivity contribution is -0.112. The molecule has 0 aliphatic rings. The maximum Gasteiger partial charge on any atom is 0.266 e. The second kappa shape index (κ2) is 11.2. The van der Waals surface area contributed by atoms with Crippen LogP contribution in [0, 0.1) is 17.1 Å². The van der Waals surface area contributed by atoms with Crippen LogP contribution >= 0.6 is 11.6 Å². The van der Waals surface area contributed by atoms with Crippen LogP contribution in [0.2, 0.25) is 5.02 Å². The van der Waals surface area contributed by atoms with E-state index in [0.717, 1.165) is 12.0 Å². The van der Waals surface area contributed by atoms with E-state index >= 15 is 0 Å². The first-order chi connectivity index (χ1) is 16.0. The third-order valence-corrected chi connectivity index (χ3v) is 5.18. The summed E-state index contributed by atoms with van der Waals surface area (Å²) >= 11 is 6.38. The van der Waals surface area contributed by atoms with Gasteiger partial charge in [-0.2, -0.15) is 5.26 Å². The quantitative estimate of drug-likeness (QED) is 0.319. The molecule has 0 bridgehead atoms. The largest absolute Gasteiger partial charge is 0.493 e. The van der Waals surface area contributed by atoms with Gasteiger partial charge in [-0.1, -0.05) is 54.9 Å². The average molecular weight is 465 g/mol. The lowest BCUT2D eigenvalue weighted by Crippen LogP contribution is -2.14. The highest BCUT2D eigenvalue weighted by molar-refractivity contribution is 6.32. The van der Waals surface area contributed by atoms with Crippen LogP contribution in [0.3, 0.4) is 0 Å². The predicted octanol–water partition coefficient (Wildman–Crippen LogP) is 6.17. The number of amides is 1. The van der Waals surface area contributed by atoms with Crippen molar-refractivity contribution in [2.24, 2.45) is 0 Å². The fraction of sp³-hybridized carbons (Fsp3) is 0.154. The first kappa shape index (κ1) is 23.8. The fourth-order valence-corrected chi connectivity index (χ4v) is 3.46. The van der Waals surface area contributed by atoms with Crippen LogP contribution in [-0.4, -0.2) is 13.0 Å². The summed E-state index contributed by atoms with van der Waals surface area (Å²) in [6, 6.07) is 18.7. The molecule has 0 saturated heterocycles. The standard InChI is InChI=1S/C26H22ClFN2O3/c1-3-18-8-5-7-11-23(18)30-26(31)20(15-29)12-17-13-21(27)25(24(14-17)32-2)33-16-19-9-4-6-10-22(19)28/h4-14H,3,16H2,1-2H3,(H,30,31)/b20-12+. The average Bonchev–Trinajstić information content (AvgIpc) is 2.82. The summed E-state index contributed by atoms with van der Waals surface area (Å²) in [5, 5.41) is 12.5. The van der Waals surface area contributed by atoms with E-state index in [4.69, 9.17) is 21.1 Å². The van der Waals surface area contributed by atoms with E-state index in [9.17, 15) is 14.4 Å². The number of nitrogens with one attached hydrogen (secondary N) is 1. The van der Waals surface area contributed by atoms with Crippen molar-refractivity contribution in [3.05, 3.63) is 93.8 Å². The van der Waals surface area contributed by atoms with Crippen LogP contribution in [0.5, 0.6) is 11.5 Å². The summed E-state index contributed by atoms with van der Waals surface area (Å²) in [5.74, 6) is -0.395. The lowest BCUT2D eigenvalue weighted by Gasteiger charge is -2.14. The lowest BCUT2D eigenvalue weighted by atomic mass is 10.1. The van der Waals surface area contributed by atoms with Crippen molar-refractivity contribution in [3.63, 3.8) is 0 Å². The molecule has 168 valence electrons. The van der Waals surface area contributed by atoms with Gasteiger partial charge < -0.3 is 14.8 Å². The summed E-state index contributed by atoms with van der Waals surface area (Å²) in [7, 11) is 1.44. The van der Waals surface area contributed by atoms with E-state index in [2.05, 4.69) is 5.32 Å². The van der Waals surface area contributed by atoms with Crippen molar-refractivity contribution in [3.8, 4) is 17.6 Å².